The number of hydrogen-bond acceptors (Lipinski definition) is 3. The van der Waals surface area contributed by atoms with E-state index in [4.69, 9.17) is 0 Å². The van der Waals surface area contributed by atoms with Gasteiger partial charge in [0.2, 0.25) is 5.91 Å². The summed E-state index contributed by atoms with van der Waals surface area (Å²) in [6, 6.07) is 4.42. The molecule has 0 bridgehead atoms. The molecule has 1 aromatic heterocycles. The van der Waals surface area contributed by atoms with E-state index in [1.54, 1.807) is 12.4 Å². The molecule has 1 aliphatic carbocycles. The third-order valence-electron chi connectivity index (χ3n) is 2.69. The van der Waals surface area contributed by atoms with Crippen molar-refractivity contribution in [3.05, 3.63) is 30.1 Å². The van der Waals surface area contributed by atoms with E-state index in [2.05, 4.69) is 15.6 Å². The van der Waals surface area contributed by atoms with Gasteiger partial charge in [-0.1, -0.05) is 6.07 Å². The molecule has 4 heteroatoms. The number of hydrogen-bond donors (Lipinski definition) is 2. The summed E-state index contributed by atoms with van der Waals surface area (Å²) in [5, 5.41) is 6.12. The predicted octanol–water partition coefficient (Wildman–Crippen LogP) is 1.01. The molecule has 86 valence electrons. The molecule has 1 heterocycles. The predicted molar refractivity (Wildman–Crippen MR) is 61.8 cm³/mol. The van der Waals surface area contributed by atoms with Crippen molar-refractivity contribution < 1.29 is 4.79 Å². The van der Waals surface area contributed by atoms with Gasteiger partial charge in [-0.25, -0.2) is 0 Å². The second-order valence-electron chi connectivity index (χ2n) is 4.23. The minimum atomic E-state index is 0.0159. The molecule has 2 rings (SSSR count). The molecular weight excluding hydrogens is 202 g/mol. The zero-order valence-electron chi connectivity index (χ0n) is 9.44. The smallest absolute Gasteiger partial charge is 0.234 e. The molecule has 0 spiro atoms. The van der Waals surface area contributed by atoms with Crippen molar-refractivity contribution in [1.29, 1.82) is 0 Å². The summed E-state index contributed by atoms with van der Waals surface area (Å²) in [6.07, 6.45) is 5.91. The molecule has 16 heavy (non-hydrogen) atoms. The molecule has 0 aromatic carbocycles. The minimum Gasteiger partial charge on any atom is -0.348 e. The number of carbonyl (C=O) groups is 1. The summed E-state index contributed by atoms with van der Waals surface area (Å²) in [5.41, 5.74) is 1.03. The van der Waals surface area contributed by atoms with E-state index in [1.165, 1.54) is 12.8 Å². The second-order valence-corrected chi connectivity index (χ2v) is 4.23. The Morgan fingerprint density at radius 3 is 3.06 bits per heavy atom. The molecule has 2 N–H and O–H groups in total. The third-order valence-corrected chi connectivity index (χ3v) is 2.69. The Kier molecular flexibility index (Phi) is 3.51. The van der Waals surface area contributed by atoms with Crippen LogP contribution in [0.1, 0.15) is 31.4 Å². The van der Waals surface area contributed by atoms with Gasteiger partial charge in [0.25, 0.3) is 0 Å². The monoisotopic (exact) mass is 219 g/mol. The molecule has 4 nitrogen and oxygen atoms in total. The maximum Gasteiger partial charge on any atom is 0.234 e. The Hall–Kier alpha value is -1.42. The van der Waals surface area contributed by atoms with E-state index < -0.39 is 0 Å². The molecule has 0 unspecified atom stereocenters. The molecule has 0 radical (unpaired) electrons. The van der Waals surface area contributed by atoms with Crippen molar-refractivity contribution in [3.63, 3.8) is 0 Å². The fourth-order valence-corrected chi connectivity index (χ4v) is 1.53. The largest absolute Gasteiger partial charge is 0.348 e. The normalized spacial score (nSPS) is 16.8. The van der Waals surface area contributed by atoms with Crippen LogP contribution in [0.25, 0.3) is 0 Å². The fraction of sp³-hybridized carbons (Fsp3) is 0.500. The van der Waals surface area contributed by atoms with Crippen LogP contribution in [-0.2, 0) is 4.79 Å². The average molecular weight is 219 g/mol. The van der Waals surface area contributed by atoms with Crippen LogP contribution in [0.4, 0.5) is 0 Å². The quantitative estimate of drug-likeness (QED) is 0.777. The summed E-state index contributed by atoms with van der Waals surface area (Å²) in [6.45, 7) is 2.38. The summed E-state index contributed by atoms with van der Waals surface area (Å²) in [5.74, 6) is 0.0447. The van der Waals surface area contributed by atoms with Gasteiger partial charge < -0.3 is 10.6 Å². The van der Waals surface area contributed by atoms with Crippen LogP contribution in [0.3, 0.4) is 0 Å². The minimum absolute atomic E-state index is 0.0159. The molecule has 1 atom stereocenters. The summed E-state index contributed by atoms with van der Waals surface area (Å²) >= 11 is 0. The second kappa shape index (κ2) is 5.07. The van der Waals surface area contributed by atoms with Crippen molar-refractivity contribution in [2.24, 2.45) is 0 Å². The van der Waals surface area contributed by atoms with Gasteiger partial charge in [-0.05, 0) is 31.4 Å². The SMILES string of the molecule is C[C@H](NC(=O)CNC1CC1)c1cccnc1. The number of rotatable bonds is 5. The van der Waals surface area contributed by atoms with E-state index in [0.717, 1.165) is 5.56 Å². The summed E-state index contributed by atoms with van der Waals surface area (Å²) in [7, 11) is 0. The lowest BCUT2D eigenvalue weighted by Crippen LogP contribution is -2.36. The molecule has 0 aliphatic heterocycles. The van der Waals surface area contributed by atoms with E-state index >= 15 is 0 Å². The van der Waals surface area contributed by atoms with E-state index in [0.29, 0.717) is 12.6 Å². The first-order valence-corrected chi connectivity index (χ1v) is 5.68. The first kappa shape index (κ1) is 11.1. The molecular formula is C12H17N3O. The van der Waals surface area contributed by atoms with Crippen molar-refractivity contribution >= 4 is 5.91 Å². The summed E-state index contributed by atoms with van der Waals surface area (Å²) in [4.78, 5) is 15.6. The van der Waals surface area contributed by atoms with Gasteiger partial charge in [0.1, 0.15) is 0 Å². The number of amides is 1. The van der Waals surface area contributed by atoms with Crippen molar-refractivity contribution in [2.45, 2.75) is 31.8 Å². The van der Waals surface area contributed by atoms with Gasteiger partial charge in [0, 0.05) is 18.4 Å². The third kappa shape index (κ3) is 3.31. The Bertz CT molecular complexity index is 349. The Morgan fingerprint density at radius 2 is 2.44 bits per heavy atom. The van der Waals surface area contributed by atoms with Crippen LogP contribution in [0.2, 0.25) is 0 Å². The highest BCUT2D eigenvalue weighted by Crippen LogP contribution is 2.18. The van der Waals surface area contributed by atoms with E-state index in [-0.39, 0.29) is 11.9 Å². The number of pyridine rings is 1. The lowest BCUT2D eigenvalue weighted by molar-refractivity contribution is -0.120. The topological polar surface area (TPSA) is 54.0 Å². The Morgan fingerprint density at radius 1 is 1.62 bits per heavy atom. The maximum atomic E-state index is 11.6. The first-order valence-electron chi connectivity index (χ1n) is 5.68. The van der Waals surface area contributed by atoms with E-state index in [1.807, 2.05) is 19.1 Å². The number of aromatic nitrogens is 1. The molecule has 1 saturated carbocycles. The van der Waals surface area contributed by atoms with Gasteiger partial charge in [0.05, 0.1) is 12.6 Å². The van der Waals surface area contributed by atoms with Crippen LogP contribution >= 0.6 is 0 Å². The van der Waals surface area contributed by atoms with Crippen LogP contribution in [0.15, 0.2) is 24.5 Å². The average Bonchev–Trinajstić information content (AvgIpc) is 3.11. The molecule has 1 amide bonds. The van der Waals surface area contributed by atoms with Crippen LogP contribution in [0.5, 0.6) is 0 Å². The zero-order chi connectivity index (χ0) is 11.4. The van der Waals surface area contributed by atoms with Crippen molar-refractivity contribution in [3.8, 4) is 0 Å². The van der Waals surface area contributed by atoms with E-state index in [9.17, 15) is 4.79 Å². The first-order chi connectivity index (χ1) is 7.75. The summed E-state index contributed by atoms with van der Waals surface area (Å²) < 4.78 is 0. The lowest BCUT2D eigenvalue weighted by atomic mass is 10.1. The highest BCUT2D eigenvalue weighted by Gasteiger charge is 2.21. The van der Waals surface area contributed by atoms with Crippen LogP contribution < -0.4 is 10.6 Å². The highest BCUT2D eigenvalue weighted by atomic mass is 16.1. The van der Waals surface area contributed by atoms with Gasteiger partial charge in [-0.15, -0.1) is 0 Å². The van der Waals surface area contributed by atoms with Crippen molar-refractivity contribution in [1.82, 2.24) is 15.6 Å². The van der Waals surface area contributed by atoms with Gasteiger partial charge >= 0.3 is 0 Å². The standard InChI is InChI=1S/C12H17N3O/c1-9(10-3-2-6-13-7-10)15-12(16)8-14-11-4-5-11/h2-3,6-7,9,11,14H,4-5,8H2,1H3,(H,15,16)/t9-/m0/s1. The lowest BCUT2D eigenvalue weighted by Gasteiger charge is -2.13. The molecule has 1 aromatic rings. The Labute approximate surface area is 95.5 Å². The molecule has 1 fully saturated rings. The number of nitrogens with zero attached hydrogens (tertiary/aromatic N) is 1. The Balaban J connectivity index is 1.77. The van der Waals surface area contributed by atoms with Crippen LogP contribution in [-0.4, -0.2) is 23.5 Å². The van der Waals surface area contributed by atoms with Gasteiger partial charge in [-0.2, -0.15) is 0 Å². The number of nitrogens with one attached hydrogen (secondary N) is 2. The zero-order valence-corrected chi connectivity index (χ0v) is 9.44. The number of carbonyl (C=O) groups excluding carboxylic acids is 1. The highest BCUT2D eigenvalue weighted by molar-refractivity contribution is 5.78. The van der Waals surface area contributed by atoms with Crippen LogP contribution in [0, 0.1) is 0 Å². The van der Waals surface area contributed by atoms with Gasteiger partial charge in [0.15, 0.2) is 0 Å². The van der Waals surface area contributed by atoms with Gasteiger partial charge in [-0.3, -0.25) is 9.78 Å². The molecule has 0 saturated heterocycles. The fourth-order valence-electron chi connectivity index (χ4n) is 1.53. The van der Waals surface area contributed by atoms with Crippen molar-refractivity contribution in [2.75, 3.05) is 6.54 Å². The molecule has 1 aliphatic rings. The maximum absolute atomic E-state index is 11.6.